The summed E-state index contributed by atoms with van der Waals surface area (Å²) >= 11 is 12.2. The SMILES string of the molecule is Cc1cccc(CCC(C)Nc2cccc(Cl)c2Cl)c1. The van der Waals surface area contributed by atoms with Gasteiger partial charge < -0.3 is 5.32 Å². The number of rotatable bonds is 5. The van der Waals surface area contributed by atoms with Crippen molar-refractivity contribution in [3.8, 4) is 0 Å². The molecule has 0 aliphatic rings. The van der Waals surface area contributed by atoms with Gasteiger partial charge in [-0.1, -0.05) is 59.1 Å². The van der Waals surface area contributed by atoms with Crippen LogP contribution in [-0.2, 0) is 6.42 Å². The molecule has 0 heterocycles. The number of hydrogen-bond donors (Lipinski definition) is 1. The number of aryl methyl sites for hydroxylation is 2. The molecule has 1 N–H and O–H groups in total. The van der Waals surface area contributed by atoms with Gasteiger partial charge >= 0.3 is 0 Å². The van der Waals surface area contributed by atoms with Crippen molar-refractivity contribution in [2.24, 2.45) is 0 Å². The molecule has 0 amide bonds. The van der Waals surface area contributed by atoms with Crippen molar-refractivity contribution in [1.29, 1.82) is 0 Å². The van der Waals surface area contributed by atoms with Gasteiger partial charge in [-0.2, -0.15) is 0 Å². The molecule has 0 bridgehead atoms. The smallest absolute Gasteiger partial charge is 0.0823 e. The largest absolute Gasteiger partial charge is 0.381 e. The molecule has 0 spiro atoms. The van der Waals surface area contributed by atoms with E-state index in [4.69, 9.17) is 23.2 Å². The summed E-state index contributed by atoms with van der Waals surface area (Å²) in [5.74, 6) is 0. The summed E-state index contributed by atoms with van der Waals surface area (Å²) in [6.45, 7) is 4.28. The molecular weight excluding hydrogens is 289 g/mol. The molecule has 3 heteroatoms. The Balaban J connectivity index is 1.92. The fourth-order valence-electron chi connectivity index (χ4n) is 2.20. The number of nitrogens with one attached hydrogen (secondary N) is 1. The van der Waals surface area contributed by atoms with Crippen molar-refractivity contribution in [1.82, 2.24) is 0 Å². The van der Waals surface area contributed by atoms with Crippen molar-refractivity contribution in [2.45, 2.75) is 32.7 Å². The third-order valence-corrected chi connectivity index (χ3v) is 4.12. The zero-order chi connectivity index (χ0) is 14.5. The van der Waals surface area contributed by atoms with Crippen LogP contribution >= 0.6 is 23.2 Å². The molecule has 1 nitrogen and oxygen atoms in total. The number of benzene rings is 2. The van der Waals surface area contributed by atoms with Crippen LogP contribution in [-0.4, -0.2) is 6.04 Å². The van der Waals surface area contributed by atoms with E-state index in [-0.39, 0.29) is 0 Å². The molecule has 0 saturated heterocycles. The molecule has 0 aliphatic heterocycles. The number of hydrogen-bond acceptors (Lipinski definition) is 1. The van der Waals surface area contributed by atoms with Gasteiger partial charge in [0.1, 0.15) is 0 Å². The van der Waals surface area contributed by atoms with E-state index in [1.807, 2.05) is 12.1 Å². The average Bonchev–Trinajstić information content (AvgIpc) is 2.42. The van der Waals surface area contributed by atoms with Crippen LogP contribution in [0.1, 0.15) is 24.5 Å². The van der Waals surface area contributed by atoms with Crippen molar-refractivity contribution in [2.75, 3.05) is 5.32 Å². The summed E-state index contributed by atoms with van der Waals surface area (Å²) in [4.78, 5) is 0. The predicted octanol–water partition coefficient (Wildman–Crippen LogP) is 5.74. The number of halogens is 2. The minimum absolute atomic E-state index is 0.339. The monoisotopic (exact) mass is 307 g/mol. The maximum Gasteiger partial charge on any atom is 0.0823 e. The first-order valence-corrected chi connectivity index (χ1v) is 7.58. The van der Waals surface area contributed by atoms with Crippen LogP contribution in [0.15, 0.2) is 42.5 Å². The van der Waals surface area contributed by atoms with Gasteiger partial charge in [-0.25, -0.2) is 0 Å². The highest BCUT2D eigenvalue weighted by molar-refractivity contribution is 6.43. The van der Waals surface area contributed by atoms with Gasteiger partial charge in [-0.3, -0.25) is 0 Å². The quantitative estimate of drug-likeness (QED) is 0.743. The van der Waals surface area contributed by atoms with Crippen LogP contribution in [0, 0.1) is 6.92 Å². The first kappa shape index (κ1) is 15.2. The molecule has 0 fully saturated rings. The first-order valence-electron chi connectivity index (χ1n) is 6.82. The van der Waals surface area contributed by atoms with Crippen molar-refractivity contribution in [3.05, 3.63) is 63.6 Å². The Labute approximate surface area is 130 Å². The van der Waals surface area contributed by atoms with Crippen LogP contribution in [0.3, 0.4) is 0 Å². The minimum Gasteiger partial charge on any atom is -0.381 e. The van der Waals surface area contributed by atoms with E-state index in [1.165, 1.54) is 11.1 Å². The Morgan fingerprint density at radius 3 is 2.60 bits per heavy atom. The Hall–Kier alpha value is -1.18. The van der Waals surface area contributed by atoms with Crippen LogP contribution in [0.4, 0.5) is 5.69 Å². The van der Waals surface area contributed by atoms with Crippen LogP contribution in [0.5, 0.6) is 0 Å². The molecule has 2 aromatic carbocycles. The lowest BCUT2D eigenvalue weighted by Gasteiger charge is -2.17. The number of anilines is 1. The Morgan fingerprint density at radius 1 is 1.10 bits per heavy atom. The lowest BCUT2D eigenvalue weighted by Crippen LogP contribution is -2.16. The van der Waals surface area contributed by atoms with Gasteiger partial charge in [-0.05, 0) is 44.4 Å². The summed E-state index contributed by atoms with van der Waals surface area (Å²) < 4.78 is 0. The van der Waals surface area contributed by atoms with Gasteiger partial charge in [-0.15, -0.1) is 0 Å². The second kappa shape index (κ2) is 7.01. The molecule has 1 atom stereocenters. The highest BCUT2D eigenvalue weighted by Crippen LogP contribution is 2.30. The highest BCUT2D eigenvalue weighted by Gasteiger charge is 2.08. The summed E-state index contributed by atoms with van der Waals surface area (Å²) in [5.41, 5.74) is 3.58. The lowest BCUT2D eigenvalue weighted by atomic mass is 10.0. The van der Waals surface area contributed by atoms with Gasteiger partial charge in [0.05, 0.1) is 15.7 Å². The van der Waals surface area contributed by atoms with Crippen molar-refractivity contribution < 1.29 is 0 Å². The molecule has 0 radical (unpaired) electrons. The van der Waals surface area contributed by atoms with Crippen LogP contribution in [0.25, 0.3) is 0 Å². The molecule has 106 valence electrons. The van der Waals surface area contributed by atoms with Crippen molar-refractivity contribution in [3.63, 3.8) is 0 Å². The molecule has 20 heavy (non-hydrogen) atoms. The molecule has 1 unspecified atom stereocenters. The fourth-order valence-corrected chi connectivity index (χ4v) is 2.56. The summed E-state index contributed by atoms with van der Waals surface area (Å²) in [6.07, 6.45) is 2.10. The minimum atomic E-state index is 0.339. The lowest BCUT2D eigenvalue weighted by molar-refractivity contribution is 0.706. The molecule has 2 aromatic rings. The molecule has 2 rings (SSSR count). The predicted molar refractivity (Wildman–Crippen MR) is 89.0 cm³/mol. The van der Waals surface area contributed by atoms with E-state index in [0.717, 1.165) is 18.5 Å². The summed E-state index contributed by atoms with van der Waals surface area (Å²) in [5, 5.41) is 4.60. The third kappa shape index (κ3) is 4.16. The summed E-state index contributed by atoms with van der Waals surface area (Å²) in [6, 6.07) is 14.6. The maximum atomic E-state index is 6.18. The molecule has 0 aromatic heterocycles. The Kier molecular flexibility index (Phi) is 5.33. The second-order valence-electron chi connectivity index (χ2n) is 5.17. The van der Waals surface area contributed by atoms with E-state index in [2.05, 4.69) is 43.4 Å². The van der Waals surface area contributed by atoms with E-state index in [1.54, 1.807) is 6.07 Å². The highest BCUT2D eigenvalue weighted by atomic mass is 35.5. The first-order chi connectivity index (χ1) is 9.56. The van der Waals surface area contributed by atoms with E-state index >= 15 is 0 Å². The topological polar surface area (TPSA) is 12.0 Å². The molecule has 0 aliphatic carbocycles. The van der Waals surface area contributed by atoms with Gasteiger partial charge in [0, 0.05) is 6.04 Å². The normalized spacial score (nSPS) is 12.2. The van der Waals surface area contributed by atoms with Crippen molar-refractivity contribution >= 4 is 28.9 Å². The van der Waals surface area contributed by atoms with E-state index in [9.17, 15) is 0 Å². The Bertz CT molecular complexity index is 581. The van der Waals surface area contributed by atoms with E-state index in [0.29, 0.717) is 16.1 Å². The van der Waals surface area contributed by atoms with Crippen LogP contribution < -0.4 is 5.32 Å². The standard InChI is InChI=1S/C17H19Cl2N/c1-12-5-3-6-14(11-12)10-9-13(2)20-16-8-4-7-15(18)17(16)19/h3-8,11,13,20H,9-10H2,1-2H3. The van der Waals surface area contributed by atoms with Gasteiger partial charge in [0.25, 0.3) is 0 Å². The third-order valence-electron chi connectivity index (χ3n) is 3.30. The average molecular weight is 308 g/mol. The van der Waals surface area contributed by atoms with Gasteiger partial charge in [0.15, 0.2) is 0 Å². The zero-order valence-corrected chi connectivity index (χ0v) is 13.3. The zero-order valence-electron chi connectivity index (χ0n) is 11.8. The van der Waals surface area contributed by atoms with E-state index < -0.39 is 0 Å². The second-order valence-corrected chi connectivity index (χ2v) is 5.96. The van der Waals surface area contributed by atoms with Crippen LogP contribution in [0.2, 0.25) is 10.0 Å². The summed E-state index contributed by atoms with van der Waals surface area (Å²) in [7, 11) is 0. The fraction of sp³-hybridized carbons (Fsp3) is 0.294. The maximum absolute atomic E-state index is 6.18. The molecular formula is C17H19Cl2N. The van der Waals surface area contributed by atoms with Gasteiger partial charge in [0.2, 0.25) is 0 Å². The Morgan fingerprint density at radius 2 is 1.85 bits per heavy atom. The molecule has 0 saturated carbocycles.